The molecule has 3 aromatic carbocycles. The first kappa shape index (κ1) is 25.1. The zero-order chi connectivity index (χ0) is 25.0. The van der Waals surface area contributed by atoms with Gasteiger partial charge in [0.1, 0.15) is 10.7 Å². The number of ether oxygens (including phenoxy) is 1. The third kappa shape index (κ3) is 5.98. The highest BCUT2D eigenvalue weighted by molar-refractivity contribution is 7.90. The normalized spacial score (nSPS) is 18.1. The topological polar surface area (TPSA) is 84.5 Å². The number of nitrogens with one attached hydrogen (secondary N) is 2. The van der Waals surface area contributed by atoms with Crippen LogP contribution in [0.2, 0.25) is 5.02 Å². The number of sulfonamides is 1. The summed E-state index contributed by atoms with van der Waals surface area (Å²) in [7, 11) is -4.65. The van der Waals surface area contributed by atoms with Crippen LogP contribution in [0.4, 0.5) is 8.78 Å². The molecule has 1 saturated heterocycles. The summed E-state index contributed by atoms with van der Waals surface area (Å²) in [6, 6.07) is 16.2. The molecule has 35 heavy (non-hydrogen) atoms. The Morgan fingerprint density at radius 1 is 1.06 bits per heavy atom. The Labute approximate surface area is 207 Å². The lowest BCUT2D eigenvalue weighted by Gasteiger charge is -2.32. The summed E-state index contributed by atoms with van der Waals surface area (Å²) in [5, 5.41) is 3.90. The van der Waals surface area contributed by atoms with Crippen LogP contribution in [0.25, 0.3) is 0 Å². The fourth-order valence-corrected chi connectivity index (χ4v) is 5.27. The molecule has 0 bridgehead atoms. The zero-order valence-corrected chi connectivity index (χ0v) is 20.1. The number of carbonyl (C=O) groups is 1. The van der Waals surface area contributed by atoms with E-state index in [1.54, 1.807) is 22.9 Å². The minimum Gasteiger partial charge on any atom is -0.490 e. The fraction of sp³-hybridized carbons (Fsp3) is 0.240. The number of benzene rings is 3. The first-order valence-corrected chi connectivity index (χ1v) is 12.8. The van der Waals surface area contributed by atoms with Crippen molar-refractivity contribution in [3.05, 3.63) is 94.5 Å². The molecule has 10 heteroatoms. The molecule has 4 rings (SSSR count). The van der Waals surface area contributed by atoms with E-state index in [-0.39, 0.29) is 24.0 Å². The predicted molar refractivity (Wildman–Crippen MR) is 128 cm³/mol. The van der Waals surface area contributed by atoms with Crippen molar-refractivity contribution in [3.8, 4) is 5.75 Å². The van der Waals surface area contributed by atoms with Gasteiger partial charge in [0.15, 0.2) is 11.6 Å². The molecule has 1 aliphatic heterocycles. The van der Waals surface area contributed by atoms with Crippen LogP contribution in [0, 0.1) is 17.6 Å². The Morgan fingerprint density at radius 3 is 2.49 bits per heavy atom. The first-order chi connectivity index (χ1) is 16.7. The molecule has 0 saturated carbocycles. The van der Waals surface area contributed by atoms with Crippen LogP contribution in [-0.4, -0.2) is 34.0 Å². The lowest BCUT2D eigenvalue weighted by Crippen LogP contribution is -2.38. The van der Waals surface area contributed by atoms with Gasteiger partial charge in [0.05, 0.1) is 6.61 Å². The summed E-state index contributed by atoms with van der Waals surface area (Å²) in [5.74, 6) is -3.54. The Balaban J connectivity index is 1.48. The predicted octanol–water partition coefficient (Wildman–Crippen LogP) is 4.51. The van der Waals surface area contributed by atoms with Gasteiger partial charge in [-0.3, -0.25) is 4.79 Å². The highest BCUT2D eigenvalue weighted by atomic mass is 35.5. The van der Waals surface area contributed by atoms with Gasteiger partial charge in [-0.05, 0) is 48.7 Å². The van der Waals surface area contributed by atoms with Gasteiger partial charge in [-0.1, -0.05) is 41.9 Å². The number of hydrogen-bond donors (Lipinski definition) is 2. The standard InChI is InChI=1S/C25H23ClF2N2O4S/c26-19-8-6-16(7-9-19)20-10-11-29-14-18(20)15-34-23-12-22(28)24(13-21(23)27)35(32,33)30-25(31)17-4-2-1-3-5-17/h1-9,12-13,18,20,29H,10-11,14-15H2,(H,30,31)/t18-,20?/m0/s1. The third-order valence-corrected chi connectivity index (χ3v) is 7.50. The average molecular weight is 521 g/mol. The molecular weight excluding hydrogens is 498 g/mol. The second-order valence-electron chi connectivity index (χ2n) is 8.24. The van der Waals surface area contributed by atoms with E-state index in [1.807, 2.05) is 24.3 Å². The lowest BCUT2D eigenvalue weighted by atomic mass is 9.81. The molecule has 1 fully saturated rings. The second-order valence-corrected chi connectivity index (χ2v) is 10.3. The van der Waals surface area contributed by atoms with E-state index in [1.165, 1.54) is 12.1 Å². The van der Waals surface area contributed by atoms with Gasteiger partial charge in [-0.2, -0.15) is 0 Å². The molecule has 1 unspecified atom stereocenters. The quantitative estimate of drug-likeness (QED) is 0.479. The minimum absolute atomic E-state index is 0.0269. The Bertz CT molecular complexity index is 1310. The van der Waals surface area contributed by atoms with E-state index in [2.05, 4.69) is 5.32 Å². The van der Waals surface area contributed by atoms with Crippen molar-refractivity contribution in [2.45, 2.75) is 17.2 Å². The van der Waals surface area contributed by atoms with Crippen LogP contribution in [0.5, 0.6) is 5.75 Å². The van der Waals surface area contributed by atoms with Gasteiger partial charge >= 0.3 is 0 Å². The van der Waals surface area contributed by atoms with Gasteiger partial charge in [0, 0.05) is 35.2 Å². The molecule has 1 aliphatic rings. The SMILES string of the molecule is O=C(NS(=O)(=O)c1cc(F)c(OC[C@@H]2CNCCC2c2ccc(Cl)cc2)cc1F)c1ccccc1. The van der Waals surface area contributed by atoms with Crippen LogP contribution in [0.3, 0.4) is 0 Å². The third-order valence-electron chi connectivity index (χ3n) is 5.90. The van der Waals surface area contributed by atoms with Crippen molar-refractivity contribution in [2.24, 2.45) is 5.92 Å². The van der Waals surface area contributed by atoms with Crippen LogP contribution < -0.4 is 14.8 Å². The largest absolute Gasteiger partial charge is 0.490 e. The van der Waals surface area contributed by atoms with Gasteiger partial charge in [-0.25, -0.2) is 21.9 Å². The van der Waals surface area contributed by atoms with Crippen molar-refractivity contribution in [3.63, 3.8) is 0 Å². The second kappa shape index (κ2) is 10.7. The number of halogens is 3. The zero-order valence-electron chi connectivity index (χ0n) is 18.5. The maximum absolute atomic E-state index is 14.7. The van der Waals surface area contributed by atoms with Crippen LogP contribution in [0.1, 0.15) is 28.3 Å². The molecule has 184 valence electrons. The average Bonchev–Trinajstić information content (AvgIpc) is 2.85. The number of carbonyl (C=O) groups excluding carboxylic acids is 1. The maximum Gasteiger partial charge on any atom is 0.267 e. The van der Waals surface area contributed by atoms with E-state index in [9.17, 15) is 22.0 Å². The van der Waals surface area contributed by atoms with E-state index in [0.29, 0.717) is 23.7 Å². The van der Waals surface area contributed by atoms with E-state index < -0.39 is 38.2 Å². The molecule has 2 N–H and O–H groups in total. The highest BCUT2D eigenvalue weighted by Gasteiger charge is 2.29. The van der Waals surface area contributed by atoms with Gasteiger partial charge in [0.2, 0.25) is 0 Å². The smallest absolute Gasteiger partial charge is 0.267 e. The Kier molecular flexibility index (Phi) is 7.69. The van der Waals surface area contributed by atoms with Crippen molar-refractivity contribution >= 4 is 27.5 Å². The summed E-state index contributed by atoms with van der Waals surface area (Å²) in [4.78, 5) is 11.2. The first-order valence-electron chi connectivity index (χ1n) is 10.9. The van der Waals surface area contributed by atoms with E-state index in [4.69, 9.17) is 16.3 Å². The summed E-state index contributed by atoms with van der Waals surface area (Å²) in [6.07, 6.45) is 0.838. The maximum atomic E-state index is 14.7. The molecule has 0 aromatic heterocycles. The number of amides is 1. The van der Waals surface area contributed by atoms with Crippen molar-refractivity contribution in [1.29, 1.82) is 0 Å². The fourth-order valence-electron chi connectivity index (χ4n) is 4.10. The summed E-state index contributed by atoms with van der Waals surface area (Å²) in [5.41, 5.74) is 1.14. The van der Waals surface area contributed by atoms with E-state index in [0.717, 1.165) is 18.5 Å². The Morgan fingerprint density at radius 2 is 1.77 bits per heavy atom. The minimum atomic E-state index is -4.65. The monoisotopic (exact) mass is 520 g/mol. The van der Waals surface area contributed by atoms with E-state index >= 15 is 0 Å². The molecular formula is C25H23ClF2N2O4S. The van der Waals surface area contributed by atoms with Crippen molar-refractivity contribution in [2.75, 3.05) is 19.7 Å². The number of rotatable bonds is 7. The summed E-state index contributed by atoms with van der Waals surface area (Å²) in [6.45, 7) is 1.52. The molecule has 0 radical (unpaired) electrons. The van der Waals surface area contributed by atoms with Crippen LogP contribution in [0.15, 0.2) is 71.6 Å². The lowest BCUT2D eigenvalue weighted by molar-refractivity contribution is 0.0981. The molecule has 0 aliphatic carbocycles. The molecule has 3 aromatic rings. The summed E-state index contributed by atoms with van der Waals surface area (Å²) < 4.78 is 61.9. The van der Waals surface area contributed by atoms with Crippen molar-refractivity contribution in [1.82, 2.24) is 10.0 Å². The highest BCUT2D eigenvalue weighted by Crippen LogP contribution is 2.32. The number of piperidine rings is 1. The Hall–Kier alpha value is -3.01. The summed E-state index contributed by atoms with van der Waals surface area (Å²) >= 11 is 5.98. The molecule has 1 amide bonds. The molecule has 0 spiro atoms. The van der Waals surface area contributed by atoms with Gasteiger partial charge in [-0.15, -0.1) is 0 Å². The molecule has 6 nitrogen and oxygen atoms in total. The van der Waals surface area contributed by atoms with Crippen molar-refractivity contribution < 1.29 is 26.7 Å². The van der Waals surface area contributed by atoms with Crippen LogP contribution >= 0.6 is 11.6 Å². The van der Waals surface area contributed by atoms with Gasteiger partial charge < -0.3 is 10.1 Å². The number of hydrogen-bond acceptors (Lipinski definition) is 5. The molecule has 2 atom stereocenters. The molecule has 1 heterocycles. The van der Waals surface area contributed by atoms with Gasteiger partial charge in [0.25, 0.3) is 15.9 Å². The van der Waals surface area contributed by atoms with Crippen LogP contribution in [-0.2, 0) is 10.0 Å².